The lowest BCUT2D eigenvalue weighted by molar-refractivity contribution is -0.121. The average molecular weight is 339 g/mol. The number of Topliss-reactive ketones (excluding diaryl/α,β-unsaturated/α-hetero) is 1. The van der Waals surface area contributed by atoms with E-state index in [4.69, 9.17) is 9.47 Å². The molecule has 0 atom stereocenters. The second-order valence-electron chi connectivity index (χ2n) is 5.90. The molecule has 2 aromatic rings. The molecular formula is C20H21NO4. The first-order valence-corrected chi connectivity index (χ1v) is 8.46. The van der Waals surface area contributed by atoms with Crippen LogP contribution in [0.5, 0.6) is 11.5 Å². The maximum Gasteiger partial charge on any atom is 0.220 e. The SMILES string of the molecule is O=C(CCCC(=O)c1ccc2c(c1)OCCO2)NCc1ccccc1. The monoisotopic (exact) mass is 339 g/mol. The predicted molar refractivity (Wildman–Crippen MR) is 93.9 cm³/mol. The minimum absolute atomic E-state index is 0.00725. The van der Waals surface area contributed by atoms with Gasteiger partial charge in [0.25, 0.3) is 0 Å². The maximum absolute atomic E-state index is 12.3. The fourth-order valence-electron chi connectivity index (χ4n) is 2.66. The van der Waals surface area contributed by atoms with Gasteiger partial charge < -0.3 is 14.8 Å². The highest BCUT2D eigenvalue weighted by molar-refractivity contribution is 5.96. The zero-order valence-electron chi connectivity index (χ0n) is 14.0. The van der Waals surface area contributed by atoms with Gasteiger partial charge in [-0.15, -0.1) is 0 Å². The van der Waals surface area contributed by atoms with Crippen LogP contribution in [0.1, 0.15) is 35.2 Å². The van der Waals surface area contributed by atoms with Crippen LogP contribution in [0.2, 0.25) is 0 Å². The van der Waals surface area contributed by atoms with Crippen LogP contribution in [0, 0.1) is 0 Å². The van der Waals surface area contributed by atoms with E-state index in [0.29, 0.717) is 56.1 Å². The van der Waals surface area contributed by atoms with E-state index in [1.807, 2.05) is 30.3 Å². The highest BCUT2D eigenvalue weighted by Gasteiger charge is 2.15. The summed E-state index contributed by atoms with van der Waals surface area (Å²) in [5, 5.41) is 2.87. The Morgan fingerprint density at radius 1 is 0.920 bits per heavy atom. The molecular weight excluding hydrogens is 318 g/mol. The third-order valence-electron chi connectivity index (χ3n) is 4.00. The van der Waals surface area contributed by atoms with Crippen molar-refractivity contribution in [2.75, 3.05) is 13.2 Å². The molecule has 25 heavy (non-hydrogen) atoms. The minimum Gasteiger partial charge on any atom is -0.486 e. The lowest BCUT2D eigenvalue weighted by Crippen LogP contribution is -2.22. The van der Waals surface area contributed by atoms with Crippen LogP contribution in [0.15, 0.2) is 48.5 Å². The Kier molecular flexibility index (Phi) is 5.67. The summed E-state index contributed by atoms with van der Waals surface area (Å²) in [6, 6.07) is 15.0. The highest BCUT2D eigenvalue weighted by Crippen LogP contribution is 2.31. The molecule has 2 aromatic carbocycles. The van der Waals surface area contributed by atoms with Gasteiger partial charge in [0.1, 0.15) is 13.2 Å². The molecule has 0 unspecified atom stereocenters. The fourth-order valence-corrected chi connectivity index (χ4v) is 2.66. The number of fused-ring (bicyclic) bond motifs is 1. The molecule has 1 amide bonds. The zero-order chi connectivity index (χ0) is 17.5. The van der Waals surface area contributed by atoms with Gasteiger partial charge in [-0.3, -0.25) is 9.59 Å². The number of ether oxygens (including phenoxy) is 2. The lowest BCUT2D eigenvalue weighted by Gasteiger charge is -2.18. The predicted octanol–water partition coefficient (Wildman–Crippen LogP) is 3.13. The number of hydrogen-bond acceptors (Lipinski definition) is 4. The standard InChI is InChI=1S/C20H21NO4/c22-17(16-9-10-18-19(13-16)25-12-11-24-18)7-4-8-20(23)21-14-15-5-2-1-3-6-15/h1-3,5-6,9-10,13H,4,7-8,11-12,14H2,(H,21,23). The molecule has 0 aliphatic carbocycles. The number of rotatable bonds is 7. The largest absolute Gasteiger partial charge is 0.486 e. The Morgan fingerprint density at radius 2 is 1.68 bits per heavy atom. The quantitative estimate of drug-likeness (QED) is 0.787. The Morgan fingerprint density at radius 3 is 2.48 bits per heavy atom. The van der Waals surface area contributed by atoms with Crippen molar-refractivity contribution in [3.8, 4) is 11.5 Å². The summed E-state index contributed by atoms with van der Waals surface area (Å²) in [6.45, 7) is 1.53. The Labute approximate surface area is 147 Å². The van der Waals surface area contributed by atoms with Gasteiger partial charge in [0.05, 0.1) is 0 Å². The molecule has 0 radical (unpaired) electrons. The van der Waals surface area contributed by atoms with E-state index in [1.165, 1.54) is 0 Å². The normalized spacial score (nSPS) is 12.5. The van der Waals surface area contributed by atoms with Crippen molar-refractivity contribution in [2.24, 2.45) is 0 Å². The van der Waals surface area contributed by atoms with Gasteiger partial charge >= 0.3 is 0 Å². The van der Waals surface area contributed by atoms with Gasteiger partial charge in [-0.05, 0) is 30.2 Å². The van der Waals surface area contributed by atoms with Crippen molar-refractivity contribution >= 4 is 11.7 Å². The van der Waals surface area contributed by atoms with Gasteiger partial charge in [0.2, 0.25) is 5.91 Å². The van der Waals surface area contributed by atoms with Crippen LogP contribution in [0.25, 0.3) is 0 Å². The van der Waals surface area contributed by atoms with Crippen LogP contribution in [-0.2, 0) is 11.3 Å². The zero-order valence-corrected chi connectivity index (χ0v) is 14.0. The molecule has 0 bridgehead atoms. The van der Waals surface area contributed by atoms with E-state index in [-0.39, 0.29) is 11.7 Å². The second-order valence-corrected chi connectivity index (χ2v) is 5.90. The molecule has 3 rings (SSSR count). The summed E-state index contributed by atoms with van der Waals surface area (Å²) in [7, 11) is 0. The number of carbonyl (C=O) groups excluding carboxylic acids is 2. The first kappa shape index (κ1) is 17.0. The molecule has 0 saturated carbocycles. The molecule has 0 aromatic heterocycles. The smallest absolute Gasteiger partial charge is 0.220 e. The number of amides is 1. The van der Waals surface area contributed by atoms with Crippen LogP contribution < -0.4 is 14.8 Å². The number of ketones is 1. The van der Waals surface area contributed by atoms with Gasteiger partial charge in [-0.25, -0.2) is 0 Å². The molecule has 0 saturated heterocycles. The van der Waals surface area contributed by atoms with Crippen molar-refractivity contribution in [3.63, 3.8) is 0 Å². The fraction of sp³-hybridized carbons (Fsp3) is 0.300. The van der Waals surface area contributed by atoms with E-state index in [1.54, 1.807) is 18.2 Å². The first-order chi connectivity index (χ1) is 12.2. The number of benzene rings is 2. The Balaban J connectivity index is 1.42. The van der Waals surface area contributed by atoms with E-state index in [2.05, 4.69) is 5.32 Å². The van der Waals surface area contributed by atoms with Crippen molar-refractivity contribution in [2.45, 2.75) is 25.8 Å². The van der Waals surface area contributed by atoms with E-state index in [0.717, 1.165) is 5.56 Å². The van der Waals surface area contributed by atoms with Crippen molar-refractivity contribution in [1.82, 2.24) is 5.32 Å². The van der Waals surface area contributed by atoms with Crippen LogP contribution in [0.4, 0.5) is 0 Å². The highest BCUT2D eigenvalue weighted by atomic mass is 16.6. The molecule has 5 nitrogen and oxygen atoms in total. The molecule has 0 fully saturated rings. The van der Waals surface area contributed by atoms with Gasteiger partial charge in [-0.1, -0.05) is 30.3 Å². The topological polar surface area (TPSA) is 64.6 Å². The molecule has 1 heterocycles. The van der Waals surface area contributed by atoms with Crippen molar-refractivity contribution < 1.29 is 19.1 Å². The summed E-state index contributed by atoms with van der Waals surface area (Å²) in [6.07, 6.45) is 1.19. The van der Waals surface area contributed by atoms with Crippen LogP contribution in [0.3, 0.4) is 0 Å². The molecule has 1 aliphatic rings. The van der Waals surface area contributed by atoms with Crippen molar-refractivity contribution in [3.05, 3.63) is 59.7 Å². The van der Waals surface area contributed by atoms with Crippen LogP contribution >= 0.6 is 0 Å². The Hall–Kier alpha value is -2.82. The summed E-state index contributed by atoms with van der Waals surface area (Å²) in [5.41, 5.74) is 1.65. The number of nitrogens with one attached hydrogen (secondary N) is 1. The van der Waals surface area contributed by atoms with E-state index >= 15 is 0 Å². The van der Waals surface area contributed by atoms with Gasteiger partial charge in [-0.2, -0.15) is 0 Å². The second kappa shape index (κ2) is 8.33. The molecule has 1 N–H and O–H groups in total. The maximum atomic E-state index is 12.3. The third kappa shape index (κ3) is 4.83. The first-order valence-electron chi connectivity index (χ1n) is 8.46. The number of hydrogen-bond donors (Lipinski definition) is 1. The molecule has 5 heteroatoms. The van der Waals surface area contributed by atoms with Crippen LogP contribution in [-0.4, -0.2) is 24.9 Å². The molecule has 0 spiro atoms. The summed E-state index contributed by atoms with van der Waals surface area (Å²) in [5.74, 6) is 1.24. The van der Waals surface area contributed by atoms with Crippen molar-refractivity contribution in [1.29, 1.82) is 0 Å². The van der Waals surface area contributed by atoms with E-state index < -0.39 is 0 Å². The molecule has 1 aliphatic heterocycles. The van der Waals surface area contributed by atoms with E-state index in [9.17, 15) is 9.59 Å². The summed E-state index contributed by atoms with van der Waals surface area (Å²) < 4.78 is 10.9. The third-order valence-corrected chi connectivity index (χ3v) is 4.00. The lowest BCUT2D eigenvalue weighted by atomic mass is 10.0. The van der Waals surface area contributed by atoms with Gasteiger partial charge in [0.15, 0.2) is 17.3 Å². The summed E-state index contributed by atoms with van der Waals surface area (Å²) >= 11 is 0. The average Bonchev–Trinajstić information content (AvgIpc) is 2.66. The molecule has 130 valence electrons. The number of carbonyl (C=O) groups is 2. The minimum atomic E-state index is -0.0428. The Bertz CT molecular complexity index is 743. The van der Waals surface area contributed by atoms with Gasteiger partial charge in [0, 0.05) is 24.9 Å². The summed E-state index contributed by atoms with van der Waals surface area (Å²) in [4.78, 5) is 24.1.